The molecule has 2 atom stereocenters. The third-order valence-electron chi connectivity index (χ3n) is 4.82. The standard InChI is InChI=1S/C20H15Cl2F3N4O/c21-12-7-5-11(6-8-12)15-9-17(20(23,24)25)29-18(26-15)10-16(28-29)19(30)27-14-4-2-1-3-13(14)22/h1-8,10,15,17,26H,9H2,(H,27,30)/t15-,17+/m0/s1. The van der Waals surface area contributed by atoms with Gasteiger partial charge in [-0.15, -0.1) is 0 Å². The topological polar surface area (TPSA) is 59.0 Å². The number of anilines is 2. The summed E-state index contributed by atoms with van der Waals surface area (Å²) < 4.78 is 42.1. The molecule has 0 bridgehead atoms. The Morgan fingerprint density at radius 3 is 2.50 bits per heavy atom. The van der Waals surface area contributed by atoms with E-state index in [4.69, 9.17) is 23.2 Å². The molecule has 0 saturated carbocycles. The molecule has 0 saturated heterocycles. The number of fused-ring (bicyclic) bond motifs is 1. The van der Waals surface area contributed by atoms with Crippen LogP contribution < -0.4 is 10.6 Å². The van der Waals surface area contributed by atoms with E-state index in [9.17, 15) is 18.0 Å². The Balaban J connectivity index is 1.65. The molecule has 0 fully saturated rings. The van der Waals surface area contributed by atoms with Crippen LogP contribution >= 0.6 is 23.2 Å². The van der Waals surface area contributed by atoms with Gasteiger partial charge in [0.1, 0.15) is 5.82 Å². The van der Waals surface area contributed by atoms with Crippen LogP contribution in [0.4, 0.5) is 24.7 Å². The molecule has 5 nitrogen and oxygen atoms in total. The van der Waals surface area contributed by atoms with Crippen molar-refractivity contribution in [2.75, 3.05) is 10.6 Å². The summed E-state index contributed by atoms with van der Waals surface area (Å²) in [5.74, 6) is -0.552. The zero-order valence-electron chi connectivity index (χ0n) is 15.3. The lowest BCUT2D eigenvalue weighted by Gasteiger charge is -2.33. The molecule has 0 unspecified atom stereocenters. The highest BCUT2D eigenvalue weighted by atomic mass is 35.5. The molecule has 30 heavy (non-hydrogen) atoms. The highest BCUT2D eigenvalue weighted by Crippen LogP contribution is 2.43. The highest BCUT2D eigenvalue weighted by molar-refractivity contribution is 6.33. The van der Waals surface area contributed by atoms with Crippen molar-refractivity contribution in [1.29, 1.82) is 0 Å². The van der Waals surface area contributed by atoms with E-state index in [1.807, 2.05) is 0 Å². The lowest BCUT2D eigenvalue weighted by Crippen LogP contribution is -2.35. The van der Waals surface area contributed by atoms with Gasteiger partial charge in [-0.05, 0) is 29.8 Å². The number of rotatable bonds is 3. The van der Waals surface area contributed by atoms with Gasteiger partial charge in [-0.2, -0.15) is 18.3 Å². The molecule has 2 aromatic carbocycles. The van der Waals surface area contributed by atoms with Gasteiger partial charge in [-0.25, -0.2) is 4.68 Å². The number of carbonyl (C=O) groups excluding carboxylic acids is 1. The van der Waals surface area contributed by atoms with Crippen LogP contribution in [0.3, 0.4) is 0 Å². The summed E-state index contributed by atoms with van der Waals surface area (Å²) in [6.45, 7) is 0. The summed E-state index contributed by atoms with van der Waals surface area (Å²) in [5, 5.41) is 10.3. The van der Waals surface area contributed by atoms with Gasteiger partial charge in [0.15, 0.2) is 11.7 Å². The summed E-state index contributed by atoms with van der Waals surface area (Å²) >= 11 is 11.9. The van der Waals surface area contributed by atoms with Gasteiger partial charge in [0.2, 0.25) is 0 Å². The molecule has 2 N–H and O–H groups in total. The van der Waals surface area contributed by atoms with Gasteiger partial charge in [0, 0.05) is 17.5 Å². The van der Waals surface area contributed by atoms with Gasteiger partial charge >= 0.3 is 6.18 Å². The summed E-state index contributed by atoms with van der Waals surface area (Å²) in [5.41, 5.74) is 0.848. The van der Waals surface area contributed by atoms with E-state index >= 15 is 0 Å². The molecule has 1 aliphatic heterocycles. The lowest BCUT2D eigenvalue weighted by molar-refractivity contribution is -0.173. The average molecular weight is 455 g/mol. The number of nitrogens with zero attached hydrogens (tertiary/aromatic N) is 2. The molecule has 0 spiro atoms. The van der Waals surface area contributed by atoms with Gasteiger partial charge in [0.25, 0.3) is 5.91 Å². The summed E-state index contributed by atoms with van der Waals surface area (Å²) in [6.07, 6.45) is -4.81. The van der Waals surface area contributed by atoms with E-state index in [0.29, 0.717) is 21.3 Å². The Labute approximate surface area is 179 Å². The number of alkyl halides is 3. The number of aromatic nitrogens is 2. The molecule has 0 aliphatic carbocycles. The Morgan fingerprint density at radius 2 is 1.83 bits per heavy atom. The van der Waals surface area contributed by atoms with E-state index in [1.165, 1.54) is 6.07 Å². The summed E-state index contributed by atoms with van der Waals surface area (Å²) in [6, 6.07) is 11.9. The smallest absolute Gasteiger partial charge is 0.363 e. The normalized spacial score (nSPS) is 18.4. The van der Waals surface area contributed by atoms with E-state index in [2.05, 4.69) is 15.7 Å². The number of benzene rings is 2. The largest absolute Gasteiger partial charge is 0.410 e. The molecule has 1 amide bonds. The Hall–Kier alpha value is -2.71. The monoisotopic (exact) mass is 454 g/mol. The predicted molar refractivity (Wildman–Crippen MR) is 109 cm³/mol. The van der Waals surface area contributed by atoms with Crippen LogP contribution in [0.5, 0.6) is 0 Å². The number of hydrogen-bond donors (Lipinski definition) is 2. The Bertz CT molecular complexity index is 1080. The van der Waals surface area contributed by atoms with Crippen LogP contribution in [0, 0.1) is 0 Å². The zero-order chi connectivity index (χ0) is 21.5. The third-order valence-corrected chi connectivity index (χ3v) is 5.40. The second-order valence-electron chi connectivity index (χ2n) is 6.83. The van der Waals surface area contributed by atoms with Crippen molar-refractivity contribution in [2.24, 2.45) is 0 Å². The molecule has 156 valence electrons. The maximum absolute atomic E-state index is 13.8. The van der Waals surface area contributed by atoms with Crippen LogP contribution in [0.25, 0.3) is 0 Å². The van der Waals surface area contributed by atoms with Crippen LogP contribution in [0.2, 0.25) is 10.0 Å². The van der Waals surface area contributed by atoms with Crippen molar-refractivity contribution in [3.8, 4) is 0 Å². The minimum Gasteiger partial charge on any atom is -0.363 e. The van der Waals surface area contributed by atoms with E-state index in [1.54, 1.807) is 48.5 Å². The second-order valence-corrected chi connectivity index (χ2v) is 7.68. The fourth-order valence-corrected chi connectivity index (χ4v) is 3.66. The number of nitrogens with one attached hydrogen (secondary N) is 2. The molecule has 1 aliphatic rings. The van der Waals surface area contributed by atoms with E-state index in [0.717, 1.165) is 4.68 Å². The maximum Gasteiger partial charge on any atom is 0.410 e. The predicted octanol–water partition coefficient (Wildman–Crippen LogP) is 6.10. The minimum atomic E-state index is -4.54. The van der Waals surface area contributed by atoms with E-state index in [-0.39, 0.29) is 17.9 Å². The average Bonchev–Trinajstić information content (AvgIpc) is 3.13. The van der Waals surface area contributed by atoms with Gasteiger partial charge < -0.3 is 10.6 Å². The number of halogens is 5. The SMILES string of the molecule is O=C(Nc1ccccc1Cl)c1cc2n(n1)[C@@H](C(F)(F)F)C[C@@H](c1ccc(Cl)cc1)N2. The quantitative estimate of drug-likeness (QED) is 0.502. The van der Waals surface area contributed by atoms with Crippen molar-refractivity contribution in [1.82, 2.24) is 9.78 Å². The molecule has 0 radical (unpaired) electrons. The van der Waals surface area contributed by atoms with Crippen molar-refractivity contribution >= 4 is 40.6 Å². The highest BCUT2D eigenvalue weighted by Gasteiger charge is 2.46. The minimum absolute atomic E-state index is 0.104. The number of amides is 1. The first-order chi connectivity index (χ1) is 14.2. The van der Waals surface area contributed by atoms with Crippen molar-refractivity contribution in [3.05, 3.63) is 75.9 Å². The Morgan fingerprint density at radius 1 is 1.13 bits per heavy atom. The van der Waals surface area contributed by atoms with Gasteiger partial charge in [0.05, 0.1) is 16.8 Å². The fourth-order valence-electron chi connectivity index (χ4n) is 3.35. The molecule has 1 aromatic heterocycles. The molecular weight excluding hydrogens is 440 g/mol. The van der Waals surface area contributed by atoms with Crippen LogP contribution in [0.15, 0.2) is 54.6 Å². The lowest BCUT2D eigenvalue weighted by atomic mass is 9.97. The van der Waals surface area contributed by atoms with Gasteiger partial charge in [-0.3, -0.25) is 4.79 Å². The zero-order valence-corrected chi connectivity index (χ0v) is 16.8. The summed E-state index contributed by atoms with van der Waals surface area (Å²) in [4.78, 5) is 12.6. The number of carbonyl (C=O) groups is 1. The fraction of sp³-hybridized carbons (Fsp3) is 0.200. The summed E-state index contributed by atoms with van der Waals surface area (Å²) in [7, 11) is 0. The van der Waals surface area contributed by atoms with Crippen LogP contribution in [-0.2, 0) is 0 Å². The molecule has 3 aromatic rings. The first-order valence-electron chi connectivity index (χ1n) is 8.96. The molecular formula is C20H15Cl2F3N4O. The van der Waals surface area contributed by atoms with Crippen molar-refractivity contribution < 1.29 is 18.0 Å². The molecule has 2 heterocycles. The number of para-hydroxylation sites is 1. The second kappa shape index (κ2) is 7.85. The Kier molecular flexibility index (Phi) is 5.38. The van der Waals surface area contributed by atoms with E-state index < -0.39 is 24.2 Å². The first kappa shape index (κ1) is 20.6. The maximum atomic E-state index is 13.8. The van der Waals surface area contributed by atoms with Gasteiger partial charge in [-0.1, -0.05) is 47.5 Å². The third kappa shape index (κ3) is 4.11. The molecule has 10 heteroatoms. The first-order valence-corrected chi connectivity index (χ1v) is 9.72. The van der Waals surface area contributed by atoms with Crippen molar-refractivity contribution in [3.63, 3.8) is 0 Å². The van der Waals surface area contributed by atoms with Crippen LogP contribution in [-0.4, -0.2) is 21.9 Å². The molecule has 4 rings (SSSR count). The van der Waals surface area contributed by atoms with Crippen LogP contribution in [0.1, 0.15) is 34.6 Å². The van der Waals surface area contributed by atoms with Crippen molar-refractivity contribution in [2.45, 2.75) is 24.7 Å². The number of hydrogen-bond acceptors (Lipinski definition) is 3.